The van der Waals surface area contributed by atoms with Gasteiger partial charge in [0.2, 0.25) is 11.9 Å². The van der Waals surface area contributed by atoms with Crippen molar-refractivity contribution >= 4 is 28.6 Å². The molecule has 0 aliphatic carbocycles. The SMILES string of the molecule is CCn1c(N2CCN(CC(=O)Nc3ccc(F)cc3)CC2)nc2ccccc21. The van der Waals surface area contributed by atoms with Gasteiger partial charge in [0.05, 0.1) is 17.6 Å². The van der Waals surface area contributed by atoms with Crippen LogP contribution in [-0.2, 0) is 11.3 Å². The summed E-state index contributed by atoms with van der Waals surface area (Å²) in [5, 5.41) is 2.82. The van der Waals surface area contributed by atoms with Crippen molar-refractivity contribution in [1.29, 1.82) is 0 Å². The summed E-state index contributed by atoms with van der Waals surface area (Å²) in [6, 6.07) is 14.0. The maximum atomic E-state index is 13.0. The van der Waals surface area contributed by atoms with Gasteiger partial charge in [0.25, 0.3) is 0 Å². The van der Waals surface area contributed by atoms with E-state index in [4.69, 9.17) is 4.98 Å². The van der Waals surface area contributed by atoms with E-state index in [0.717, 1.165) is 49.7 Å². The maximum absolute atomic E-state index is 13.0. The van der Waals surface area contributed by atoms with Crippen LogP contribution in [0.15, 0.2) is 48.5 Å². The number of aromatic nitrogens is 2. The zero-order valence-corrected chi connectivity index (χ0v) is 15.9. The third-order valence-electron chi connectivity index (χ3n) is 5.10. The van der Waals surface area contributed by atoms with Crippen molar-refractivity contribution in [1.82, 2.24) is 14.5 Å². The number of nitrogens with zero attached hydrogens (tertiary/aromatic N) is 4. The molecule has 0 saturated carbocycles. The molecule has 1 N–H and O–H groups in total. The Morgan fingerprint density at radius 3 is 2.50 bits per heavy atom. The van der Waals surface area contributed by atoms with Gasteiger partial charge >= 0.3 is 0 Å². The van der Waals surface area contributed by atoms with Crippen LogP contribution >= 0.6 is 0 Å². The van der Waals surface area contributed by atoms with Gasteiger partial charge in [-0.3, -0.25) is 9.69 Å². The molecule has 1 fully saturated rings. The number of anilines is 2. The molecule has 146 valence electrons. The van der Waals surface area contributed by atoms with Gasteiger partial charge in [0.1, 0.15) is 5.82 Å². The number of aryl methyl sites for hydroxylation is 1. The van der Waals surface area contributed by atoms with Crippen LogP contribution in [0.4, 0.5) is 16.0 Å². The van der Waals surface area contributed by atoms with E-state index in [-0.39, 0.29) is 11.7 Å². The quantitative estimate of drug-likeness (QED) is 0.738. The number of amides is 1. The summed E-state index contributed by atoms with van der Waals surface area (Å²) < 4.78 is 15.2. The summed E-state index contributed by atoms with van der Waals surface area (Å²) in [7, 11) is 0. The number of fused-ring (bicyclic) bond motifs is 1. The third kappa shape index (κ3) is 3.84. The number of carbonyl (C=O) groups excluding carboxylic acids is 1. The lowest BCUT2D eigenvalue weighted by atomic mass is 10.3. The van der Waals surface area contributed by atoms with Crippen molar-refractivity contribution in [2.45, 2.75) is 13.5 Å². The molecule has 4 rings (SSSR count). The van der Waals surface area contributed by atoms with Gasteiger partial charge in [-0.1, -0.05) is 12.1 Å². The van der Waals surface area contributed by atoms with E-state index in [1.807, 2.05) is 18.2 Å². The third-order valence-corrected chi connectivity index (χ3v) is 5.10. The number of benzene rings is 2. The van der Waals surface area contributed by atoms with Crippen molar-refractivity contribution in [3.05, 3.63) is 54.3 Å². The largest absolute Gasteiger partial charge is 0.340 e. The molecule has 1 saturated heterocycles. The first-order valence-corrected chi connectivity index (χ1v) is 9.62. The van der Waals surface area contributed by atoms with E-state index in [2.05, 4.69) is 32.7 Å². The lowest BCUT2D eigenvalue weighted by Gasteiger charge is -2.35. The molecule has 0 atom stereocenters. The number of nitrogens with one attached hydrogen (secondary N) is 1. The standard InChI is InChI=1S/C21H24FN5O/c1-2-27-19-6-4-3-5-18(19)24-21(27)26-13-11-25(12-14-26)15-20(28)23-17-9-7-16(22)8-10-17/h3-10H,2,11-15H2,1H3,(H,23,28). The second-order valence-electron chi connectivity index (χ2n) is 6.96. The average molecular weight is 381 g/mol. The number of hydrogen-bond donors (Lipinski definition) is 1. The first-order valence-electron chi connectivity index (χ1n) is 9.62. The molecule has 1 aliphatic rings. The van der Waals surface area contributed by atoms with Crippen LogP contribution in [0.1, 0.15) is 6.92 Å². The fourth-order valence-corrected chi connectivity index (χ4v) is 3.66. The molecule has 1 amide bonds. The predicted octanol–water partition coefficient (Wildman–Crippen LogP) is 2.96. The summed E-state index contributed by atoms with van der Waals surface area (Å²) >= 11 is 0. The molecule has 1 aliphatic heterocycles. The van der Waals surface area contributed by atoms with Crippen LogP contribution in [0.2, 0.25) is 0 Å². The molecule has 1 aromatic heterocycles. The van der Waals surface area contributed by atoms with E-state index in [1.165, 1.54) is 12.1 Å². The molecule has 0 unspecified atom stereocenters. The van der Waals surface area contributed by atoms with Gasteiger partial charge in [-0.25, -0.2) is 9.37 Å². The highest BCUT2D eigenvalue weighted by Gasteiger charge is 2.23. The van der Waals surface area contributed by atoms with Gasteiger partial charge in [-0.05, 0) is 43.3 Å². The summed E-state index contributed by atoms with van der Waals surface area (Å²) in [5.74, 6) is 0.604. The number of carbonyl (C=O) groups is 1. The summed E-state index contributed by atoms with van der Waals surface area (Å²) in [6.45, 7) is 6.58. The van der Waals surface area contributed by atoms with Gasteiger partial charge < -0.3 is 14.8 Å². The van der Waals surface area contributed by atoms with Gasteiger partial charge in [0.15, 0.2) is 0 Å². The highest BCUT2D eigenvalue weighted by molar-refractivity contribution is 5.92. The van der Waals surface area contributed by atoms with Crippen molar-refractivity contribution < 1.29 is 9.18 Å². The monoisotopic (exact) mass is 381 g/mol. The normalized spacial score (nSPS) is 15.1. The van der Waals surface area contributed by atoms with Crippen LogP contribution in [0.5, 0.6) is 0 Å². The Hall–Kier alpha value is -2.93. The summed E-state index contributed by atoms with van der Waals surface area (Å²) in [6.07, 6.45) is 0. The van der Waals surface area contributed by atoms with Gasteiger partial charge in [-0.15, -0.1) is 0 Å². The lowest BCUT2D eigenvalue weighted by Crippen LogP contribution is -2.49. The molecule has 0 spiro atoms. The molecule has 2 aromatic carbocycles. The van der Waals surface area contributed by atoms with E-state index >= 15 is 0 Å². The van der Waals surface area contributed by atoms with E-state index < -0.39 is 0 Å². The number of rotatable bonds is 5. The number of piperazine rings is 1. The molecule has 3 aromatic rings. The Labute approximate surface area is 163 Å². The minimum Gasteiger partial charge on any atom is -0.340 e. The van der Waals surface area contributed by atoms with Crippen molar-refractivity contribution in [2.24, 2.45) is 0 Å². The number of imidazole rings is 1. The second-order valence-corrected chi connectivity index (χ2v) is 6.96. The first-order chi connectivity index (χ1) is 13.6. The average Bonchev–Trinajstić information content (AvgIpc) is 3.09. The Bertz CT molecular complexity index is 961. The van der Waals surface area contributed by atoms with E-state index in [1.54, 1.807) is 12.1 Å². The fraction of sp³-hybridized carbons (Fsp3) is 0.333. The Morgan fingerprint density at radius 2 is 1.79 bits per heavy atom. The van der Waals surface area contributed by atoms with Crippen molar-refractivity contribution in [3.63, 3.8) is 0 Å². The van der Waals surface area contributed by atoms with Crippen LogP contribution in [-0.4, -0.2) is 53.1 Å². The van der Waals surface area contributed by atoms with Crippen LogP contribution in [0.25, 0.3) is 11.0 Å². The fourth-order valence-electron chi connectivity index (χ4n) is 3.66. The number of para-hydroxylation sites is 2. The lowest BCUT2D eigenvalue weighted by molar-refractivity contribution is -0.117. The highest BCUT2D eigenvalue weighted by Crippen LogP contribution is 2.23. The smallest absolute Gasteiger partial charge is 0.238 e. The zero-order valence-electron chi connectivity index (χ0n) is 15.9. The molecule has 6 nitrogen and oxygen atoms in total. The zero-order chi connectivity index (χ0) is 19.5. The van der Waals surface area contributed by atoms with Crippen LogP contribution in [0.3, 0.4) is 0 Å². The molecular weight excluding hydrogens is 357 g/mol. The Kier molecular flexibility index (Phi) is 5.25. The van der Waals surface area contributed by atoms with Crippen LogP contribution in [0, 0.1) is 5.82 Å². The molecule has 2 heterocycles. The maximum Gasteiger partial charge on any atom is 0.238 e. The first kappa shape index (κ1) is 18.4. The van der Waals surface area contributed by atoms with E-state index in [0.29, 0.717) is 12.2 Å². The number of halogens is 1. The van der Waals surface area contributed by atoms with Crippen molar-refractivity contribution in [2.75, 3.05) is 42.9 Å². The van der Waals surface area contributed by atoms with Crippen LogP contribution < -0.4 is 10.2 Å². The summed E-state index contributed by atoms with van der Waals surface area (Å²) in [5.41, 5.74) is 2.78. The highest BCUT2D eigenvalue weighted by atomic mass is 19.1. The van der Waals surface area contributed by atoms with E-state index in [9.17, 15) is 9.18 Å². The topological polar surface area (TPSA) is 53.4 Å². The molecule has 28 heavy (non-hydrogen) atoms. The second kappa shape index (κ2) is 7.98. The molecule has 0 radical (unpaired) electrons. The Balaban J connectivity index is 1.36. The van der Waals surface area contributed by atoms with Gasteiger partial charge in [-0.2, -0.15) is 0 Å². The molecular formula is C21H24FN5O. The number of hydrogen-bond acceptors (Lipinski definition) is 4. The summed E-state index contributed by atoms with van der Waals surface area (Å²) in [4.78, 5) is 21.5. The predicted molar refractivity (Wildman–Crippen MR) is 109 cm³/mol. The Morgan fingerprint density at radius 1 is 1.07 bits per heavy atom. The van der Waals surface area contributed by atoms with Gasteiger partial charge in [0, 0.05) is 38.4 Å². The molecule has 7 heteroatoms. The van der Waals surface area contributed by atoms with Crippen molar-refractivity contribution in [3.8, 4) is 0 Å². The minimum absolute atomic E-state index is 0.0825. The molecule has 0 bridgehead atoms. The minimum atomic E-state index is -0.313.